The van der Waals surface area contributed by atoms with Crippen LogP contribution in [0.5, 0.6) is 0 Å². The number of carbonyl (C=O) groups excluding carboxylic acids is 1. The van der Waals surface area contributed by atoms with Crippen molar-refractivity contribution in [2.75, 3.05) is 33.0 Å². The molecule has 0 aromatic rings. The summed E-state index contributed by atoms with van der Waals surface area (Å²) in [6.07, 6.45) is 1.41. The smallest absolute Gasteiger partial charge is 0.361 e. The van der Waals surface area contributed by atoms with E-state index in [2.05, 4.69) is 16.4 Å². The van der Waals surface area contributed by atoms with Crippen molar-refractivity contribution >= 4 is 11.9 Å². The molecule has 1 unspecified atom stereocenters. The van der Waals surface area contributed by atoms with Gasteiger partial charge >= 0.3 is 11.9 Å². The van der Waals surface area contributed by atoms with E-state index in [1.165, 1.54) is 6.08 Å². The molecular weight excluding hydrogens is 246 g/mol. The molecule has 18 heavy (non-hydrogen) atoms. The monoisotopic (exact) mass is 263 g/mol. The fourth-order valence-electron chi connectivity index (χ4n) is 0.758. The minimum absolute atomic E-state index is 0.0718. The summed E-state index contributed by atoms with van der Waals surface area (Å²) in [5.41, 5.74) is 5.42. The Morgan fingerprint density at radius 3 is 2.61 bits per heavy atom. The molecule has 0 aliphatic carbocycles. The number of carbonyl (C=O) groups is 2. The highest BCUT2D eigenvalue weighted by Crippen LogP contribution is 1.90. The van der Waals surface area contributed by atoms with Crippen LogP contribution in [0.2, 0.25) is 0 Å². The summed E-state index contributed by atoms with van der Waals surface area (Å²) in [7, 11) is 0. The van der Waals surface area contributed by atoms with Crippen LogP contribution in [0.15, 0.2) is 12.7 Å². The predicted molar refractivity (Wildman–Crippen MR) is 59.5 cm³/mol. The maximum absolute atomic E-state index is 11.1. The minimum Gasteiger partial charge on any atom is -0.480 e. The van der Waals surface area contributed by atoms with E-state index in [9.17, 15) is 9.59 Å². The fourth-order valence-corrected chi connectivity index (χ4v) is 0.758. The third-order valence-corrected chi connectivity index (χ3v) is 1.52. The first-order chi connectivity index (χ1) is 8.57. The van der Waals surface area contributed by atoms with Gasteiger partial charge < -0.3 is 20.3 Å². The van der Waals surface area contributed by atoms with Gasteiger partial charge in [0, 0.05) is 0 Å². The highest BCUT2D eigenvalue weighted by molar-refractivity contribution is 5.74. The molecule has 0 heterocycles. The minimum atomic E-state index is -1.06. The second-order valence-electron chi connectivity index (χ2n) is 3.10. The molecule has 0 amide bonds. The lowest BCUT2D eigenvalue weighted by Crippen LogP contribution is -2.37. The standard InChI is InChI=1S/C10H17NO7/c1-2-3-17-18-10(14)8(11)6-15-4-5-16-7-9(12)13/h2,8H,1,3-7,11H2,(H,12,13). The fraction of sp³-hybridized carbons (Fsp3) is 0.600. The van der Waals surface area contributed by atoms with Gasteiger partial charge in [-0.25, -0.2) is 9.59 Å². The average molecular weight is 263 g/mol. The van der Waals surface area contributed by atoms with E-state index < -0.39 is 24.6 Å². The molecule has 0 aromatic heterocycles. The Kier molecular flexibility index (Phi) is 9.78. The van der Waals surface area contributed by atoms with Crippen LogP contribution in [0.1, 0.15) is 0 Å². The number of nitrogens with two attached hydrogens (primary N) is 1. The molecular formula is C10H17NO7. The summed E-state index contributed by atoms with van der Waals surface area (Å²) in [6.45, 7) is 3.19. The van der Waals surface area contributed by atoms with Gasteiger partial charge in [-0.15, -0.1) is 6.58 Å². The molecule has 0 fully saturated rings. The van der Waals surface area contributed by atoms with Crippen molar-refractivity contribution in [2.45, 2.75) is 6.04 Å². The number of hydrogen-bond donors (Lipinski definition) is 2. The first-order valence-corrected chi connectivity index (χ1v) is 5.15. The Morgan fingerprint density at radius 2 is 2.00 bits per heavy atom. The van der Waals surface area contributed by atoms with E-state index in [0.717, 1.165) is 0 Å². The van der Waals surface area contributed by atoms with Gasteiger partial charge in [-0.1, -0.05) is 6.08 Å². The van der Waals surface area contributed by atoms with Crippen LogP contribution in [-0.2, 0) is 28.8 Å². The largest absolute Gasteiger partial charge is 0.480 e. The van der Waals surface area contributed by atoms with Crippen LogP contribution in [0.3, 0.4) is 0 Å². The summed E-state index contributed by atoms with van der Waals surface area (Å²) < 4.78 is 9.68. The molecule has 0 aromatic carbocycles. The van der Waals surface area contributed by atoms with E-state index >= 15 is 0 Å². The summed E-state index contributed by atoms with van der Waals surface area (Å²) in [5, 5.41) is 8.27. The SMILES string of the molecule is C=CCOOC(=O)C(N)COCCOCC(=O)O. The highest BCUT2D eigenvalue weighted by Gasteiger charge is 2.16. The zero-order valence-electron chi connectivity index (χ0n) is 9.87. The average Bonchev–Trinajstić information content (AvgIpc) is 2.33. The van der Waals surface area contributed by atoms with Gasteiger partial charge in [0.2, 0.25) is 0 Å². The normalized spacial score (nSPS) is 11.8. The molecule has 3 N–H and O–H groups in total. The lowest BCUT2D eigenvalue weighted by Gasteiger charge is -2.10. The van der Waals surface area contributed by atoms with Crippen LogP contribution >= 0.6 is 0 Å². The second kappa shape index (κ2) is 10.7. The van der Waals surface area contributed by atoms with E-state index in [-0.39, 0.29) is 26.4 Å². The van der Waals surface area contributed by atoms with Crippen molar-refractivity contribution in [1.29, 1.82) is 0 Å². The van der Waals surface area contributed by atoms with Crippen molar-refractivity contribution in [3.05, 3.63) is 12.7 Å². The van der Waals surface area contributed by atoms with Gasteiger partial charge in [-0.3, -0.25) is 4.89 Å². The number of carboxylic acid groups (broad SMARTS) is 1. The van der Waals surface area contributed by atoms with Gasteiger partial charge in [-0.05, 0) is 0 Å². The van der Waals surface area contributed by atoms with E-state index in [0.29, 0.717) is 0 Å². The van der Waals surface area contributed by atoms with Crippen molar-refractivity contribution in [3.8, 4) is 0 Å². The third kappa shape index (κ3) is 9.73. The van der Waals surface area contributed by atoms with Crippen molar-refractivity contribution < 1.29 is 33.9 Å². The van der Waals surface area contributed by atoms with Crippen LogP contribution in [0.4, 0.5) is 0 Å². The number of rotatable bonds is 11. The third-order valence-electron chi connectivity index (χ3n) is 1.52. The maximum Gasteiger partial charge on any atom is 0.361 e. The van der Waals surface area contributed by atoms with E-state index in [1.54, 1.807) is 0 Å². The molecule has 0 spiro atoms. The predicted octanol–water partition coefficient (Wildman–Crippen LogP) is -0.908. The molecule has 104 valence electrons. The molecule has 8 heteroatoms. The number of hydrogen-bond acceptors (Lipinski definition) is 7. The van der Waals surface area contributed by atoms with Gasteiger partial charge in [0.15, 0.2) is 0 Å². The number of ether oxygens (including phenoxy) is 2. The molecule has 0 radical (unpaired) electrons. The zero-order chi connectivity index (χ0) is 13.8. The quantitative estimate of drug-likeness (QED) is 0.213. The Morgan fingerprint density at radius 1 is 1.33 bits per heavy atom. The molecule has 0 bridgehead atoms. The molecule has 0 aliphatic heterocycles. The summed E-state index contributed by atoms with van der Waals surface area (Å²) in [5.74, 6) is -1.82. The summed E-state index contributed by atoms with van der Waals surface area (Å²) >= 11 is 0. The second-order valence-corrected chi connectivity index (χ2v) is 3.10. The van der Waals surface area contributed by atoms with Crippen molar-refractivity contribution in [3.63, 3.8) is 0 Å². The van der Waals surface area contributed by atoms with Crippen LogP contribution in [0, 0.1) is 0 Å². The molecule has 0 rings (SSSR count). The van der Waals surface area contributed by atoms with Gasteiger partial charge in [0.25, 0.3) is 0 Å². The highest BCUT2D eigenvalue weighted by atomic mass is 17.2. The topological polar surface area (TPSA) is 117 Å². The molecule has 1 atom stereocenters. The number of carboxylic acids is 1. The molecule has 0 saturated heterocycles. The van der Waals surface area contributed by atoms with Crippen molar-refractivity contribution in [2.24, 2.45) is 5.73 Å². The van der Waals surface area contributed by atoms with E-state index in [4.69, 9.17) is 20.3 Å². The lowest BCUT2D eigenvalue weighted by molar-refractivity contribution is -0.267. The molecule has 0 aliphatic rings. The molecule has 0 saturated carbocycles. The maximum atomic E-state index is 11.1. The summed E-state index contributed by atoms with van der Waals surface area (Å²) in [6, 6.07) is -0.978. The summed E-state index contributed by atoms with van der Waals surface area (Å²) in [4.78, 5) is 30.0. The molecule has 8 nitrogen and oxygen atoms in total. The zero-order valence-corrected chi connectivity index (χ0v) is 9.87. The lowest BCUT2D eigenvalue weighted by atomic mass is 10.3. The number of aliphatic carboxylic acids is 1. The van der Waals surface area contributed by atoms with Gasteiger partial charge in [0.1, 0.15) is 19.3 Å². The Hall–Kier alpha value is -1.48. The Bertz CT molecular complexity index is 269. The first kappa shape index (κ1) is 16.5. The van der Waals surface area contributed by atoms with Crippen LogP contribution in [-0.4, -0.2) is 56.1 Å². The van der Waals surface area contributed by atoms with E-state index in [1.807, 2.05) is 0 Å². The Balaban J connectivity index is 3.45. The first-order valence-electron chi connectivity index (χ1n) is 5.15. The van der Waals surface area contributed by atoms with Crippen LogP contribution in [0.25, 0.3) is 0 Å². The van der Waals surface area contributed by atoms with Gasteiger partial charge in [-0.2, -0.15) is 4.89 Å². The van der Waals surface area contributed by atoms with Crippen molar-refractivity contribution in [1.82, 2.24) is 0 Å². The van der Waals surface area contributed by atoms with Crippen LogP contribution < -0.4 is 5.73 Å². The van der Waals surface area contributed by atoms with Gasteiger partial charge in [0.05, 0.1) is 19.8 Å². The Labute approximate surface area is 104 Å².